The molecule has 1 aliphatic carbocycles. The molecule has 1 N–H and O–H groups in total. The van der Waals surface area contributed by atoms with Crippen LogP contribution in [0.2, 0.25) is 0 Å². The molecule has 0 bridgehead atoms. The van der Waals surface area contributed by atoms with Gasteiger partial charge in [-0.3, -0.25) is 14.9 Å². The van der Waals surface area contributed by atoms with Crippen LogP contribution in [0.1, 0.15) is 60.4 Å². The van der Waals surface area contributed by atoms with Crippen LogP contribution in [0.15, 0.2) is 41.6 Å². The third-order valence-corrected chi connectivity index (χ3v) is 8.65. The molecule has 0 unspecified atom stereocenters. The summed E-state index contributed by atoms with van der Waals surface area (Å²) in [6, 6.07) is 9.17. The van der Waals surface area contributed by atoms with Crippen molar-refractivity contribution in [2.45, 2.75) is 63.5 Å². The predicted octanol–water partition coefficient (Wildman–Crippen LogP) is 6.48. The summed E-state index contributed by atoms with van der Waals surface area (Å²) in [6.07, 6.45) is 0.599. The standard InChI is InChI=1S/C27H33F4N5S/c1-35-17-37-26(34-35)25(19-4-2-5-19)20-6-3-7-22(13-20)32-15-24-23(27(29,30)31)12-18(14-33-24)16-36-10-8-21(28)9-11-36/h3,6-7,12-14,19,21,25,32H,2,4-5,8-11,15-17H2,1H3/t25-/m1/s1. The highest BCUT2D eigenvalue weighted by Gasteiger charge is 2.36. The fourth-order valence-corrected chi connectivity index (χ4v) is 6.36. The summed E-state index contributed by atoms with van der Waals surface area (Å²) in [5.74, 6) is 1.61. The molecule has 0 radical (unpaired) electrons. The number of likely N-dealkylation sites (tertiary alicyclic amines) is 1. The molecular weight excluding hydrogens is 502 g/mol. The molecule has 10 heteroatoms. The first-order valence-electron chi connectivity index (χ1n) is 12.9. The lowest BCUT2D eigenvalue weighted by Crippen LogP contribution is -2.34. The number of hydrogen-bond acceptors (Lipinski definition) is 6. The monoisotopic (exact) mass is 535 g/mol. The van der Waals surface area contributed by atoms with Crippen molar-refractivity contribution in [3.05, 3.63) is 58.9 Å². The van der Waals surface area contributed by atoms with E-state index in [1.807, 2.05) is 35.2 Å². The van der Waals surface area contributed by atoms with Crippen LogP contribution in [0.25, 0.3) is 0 Å². The van der Waals surface area contributed by atoms with E-state index in [1.165, 1.54) is 31.5 Å². The first kappa shape index (κ1) is 26.3. The van der Waals surface area contributed by atoms with Crippen molar-refractivity contribution in [1.29, 1.82) is 0 Å². The molecule has 1 aromatic heterocycles. The maximum absolute atomic E-state index is 13.9. The van der Waals surface area contributed by atoms with Crippen molar-refractivity contribution in [3.8, 4) is 0 Å². The summed E-state index contributed by atoms with van der Waals surface area (Å²) >= 11 is 1.76. The molecular formula is C27H33F4N5S. The van der Waals surface area contributed by atoms with Crippen LogP contribution in [0.4, 0.5) is 23.2 Å². The topological polar surface area (TPSA) is 43.8 Å². The van der Waals surface area contributed by atoms with Gasteiger partial charge in [-0.05, 0) is 60.9 Å². The van der Waals surface area contributed by atoms with E-state index in [1.54, 1.807) is 11.8 Å². The number of halogens is 4. The Hall–Kier alpha value is -2.33. The van der Waals surface area contributed by atoms with Crippen molar-refractivity contribution >= 4 is 22.5 Å². The van der Waals surface area contributed by atoms with Crippen molar-refractivity contribution in [2.75, 3.05) is 31.3 Å². The van der Waals surface area contributed by atoms with Crippen LogP contribution < -0.4 is 5.32 Å². The van der Waals surface area contributed by atoms with Crippen LogP contribution >= 0.6 is 11.8 Å². The Morgan fingerprint density at radius 1 is 1.14 bits per heavy atom. The minimum absolute atomic E-state index is 0.0294. The predicted molar refractivity (Wildman–Crippen MR) is 140 cm³/mol. The molecule has 37 heavy (non-hydrogen) atoms. The summed E-state index contributed by atoms with van der Waals surface area (Å²) in [7, 11) is 1.97. The van der Waals surface area contributed by atoms with Crippen molar-refractivity contribution in [2.24, 2.45) is 11.0 Å². The Bertz CT molecular complexity index is 1110. The Kier molecular flexibility index (Phi) is 7.95. The maximum Gasteiger partial charge on any atom is 0.418 e. The normalized spacial score (nSPS) is 20.6. The largest absolute Gasteiger partial charge is 0.418 e. The lowest BCUT2D eigenvalue weighted by Gasteiger charge is -2.33. The van der Waals surface area contributed by atoms with Gasteiger partial charge in [0.2, 0.25) is 0 Å². The van der Waals surface area contributed by atoms with Gasteiger partial charge in [-0.25, -0.2) is 4.39 Å². The van der Waals surface area contributed by atoms with E-state index in [0.29, 0.717) is 44.0 Å². The van der Waals surface area contributed by atoms with Crippen LogP contribution in [0.3, 0.4) is 0 Å². The molecule has 0 spiro atoms. The first-order valence-corrected chi connectivity index (χ1v) is 13.9. The average molecular weight is 536 g/mol. The molecule has 2 aromatic rings. The van der Waals surface area contributed by atoms with E-state index in [0.717, 1.165) is 22.2 Å². The molecule has 0 amide bonds. The van der Waals surface area contributed by atoms with Gasteiger partial charge in [0.05, 0.1) is 23.7 Å². The minimum atomic E-state index is -4.51. The Labute approximate surface area is 219 Å². The Morgan fingerprint density at radius 3 is 2.57 bits per heavy atom. The number of hydrazone groups is 1. The number of pyridine rings is 1. The van der Waals surface area contributed by atoms with Crippen LogP contribution in [0.5, 0.6) is 0 Å². The van der Waals surface area contributed by atoms with E-state index < -0.39 is 17.9 Å². The van der Waals surface area contributed by atoms with Crippen molar-refractivity contribution < 1.29 is 17.6 Å². The smallest absolute Gasteiger partial charge is 0.379 e. The lowest BCUT2D eigenvalue weighted by atomic mass is 9.73. The molecule has 3 heterocycles. The number of alkyl halides is 4. The molecule has 2 aliphatic heterocycles. The number of aromatic nitrogens is 1. The Balaban J connectivity index is 1.30. The molecule has 200 valence electrons. The third-order valence-electron chi connectivity index (χ3n) is 7.52. The summed E-state index contributed by atoms with van der Waals surface area (Å²) in [5.41, 5.74) is 1.66. The van der Waals surface area contributed by atoms with Crippen LogP contribution in [-0.2, 0) is 19.3 Å². The minimum Gasteiger partial charge on any atom is -0.379 e. The van der Waals surface area contributed by atoms with Gasteiger partial charge in [0.1, 0.15) is 11.2 Å². The van der Waals surface area contributed by atoms with Gasteiger partial charge in [-0.15, -0.1) is 0 Å². The number of thioether (sulfide) groups is 1. The molecule has 3 aliphatic rings. The van der Waals surface area contributed by atoms with E-state index >= 15 is 0 Å². The molecule has 5 nitrogen and oxygen atoms in total. The van der Waals surface area contributed by atoms with E-state index in [4.69, 9.17) is 5.10 Å². The second-order valence-corrected chi connectivity index (χ2v) is 11.3. The number of nitrogens with zero attached hydrogens (tertiary/aromatic N) is 4. The highest BCUT2D eigenvalue weighted by molar-refractivity contribution is 8.14. The second kappa shape index (κ2) is 11.2. The highest BCUT2D eigenvalue weighted by atomic mass is 32.2. The SMILES string of the molecule is CN1CSC([C@@H](c2cccc(NCc3ncc(CN4CCC(F)CC4)cc3C(F)(F)F)c2)C2CCC2)=N1. The number of piperidine rings is 1. The van der Waals surface area contributed by atoms with Gasteiger partial charge in [0.25, 0.3) is 0 Å². The first-order chi connectivity index (χ1) is 17.8. The van der Waals surface area contributed by atoms with Gasteiger partial charge in [-0.1, -0.05) is 30.3 Å². The van der Waals surface area contributed by atoms with Crippen molar-refractivity contribution in [3.63, 3.8) is 0 Å². The quantitative estimate of drug-likeness (QED) is 0.392. The number of hydrogen-bond donors (Lipinski definition) is 1. The number of nitrogens with one attached hydrogen (secondary N) is 1. The molecule has 1 saturated heterocycles. The zero-order valence-electron chi connectivity index (χ0n) is 21.0. The summed E-state index contributed by atoms with van der Waals surface area (Å²) in [5, 5.41) is 11.0. The number of rotatable bonds is 8. The van der Waals surface area contributed by atoms with Gasteiger partial charge < -0.3 is 5.32 Å². The summed E-state index contributed by atoms with van der Waals surface area (Å²) in [4.78, 5) is 6.19. The lowest BCUT2D eigenvalue weighted by molar-refractivity contribution is -0.138. The van der Waals surface area contributed by atoms with Crippen molar-refractivity contribution in [1.82, 2.24) is 14.9 Å². The van der Waals surface area contributed by atoms with E-state index in [9.17, 15) is 17.6 Å². The number of benzene rings is 1. The number of anilines is 1. The third kappa shape index (κ3) is 6.39. The summed E-state index contributed by atoms with van der Waals surface area (Å²) in [6.45, 7) is 1.41. The summed E-state index contributed by atoms with van der Waals surface area (Å²) < 4.78 is 55.2. The van der Waals surface area contributed by atoms with Crippen LogP contribution in [-0.4, -0.2) is 52.1 Å². The van der Waals surface area contributed by atoms with Gasteiger partial charge in [0, 0.05) is 44.5 Å². The fourth-order valence-electron chi connectivity index (χ4n) is 5.28. The second-order valence-electron chi connectivity index (χ2n) is 10.3. The van der Waals surface area contributed by atoms with Gasteiger partial charge in [0.15, 0.2) is 0 Å². The van der Waals surface area contributed by atoms with E-state index in [-0.39, 0.29) is 18.2 Å². The average Bonchev–Trinajstić information content (AvgIpc) is 3.27. The molecule has 2 fully saturated rings. The fraction of sp³-hybridized carbons (Fsp3) is 0.556. The maximum atomic E-state index is 13.9. The molecule has 1 atom stereocenters. The highest BCUT2D eigenvalue weighted by Crippen LogP contribution is 2.44. The zero-order chi connectivity index (χ0) is 26.0. The van der Waals surface area contributed by atoms with Crippen LogP contribution in [0, 0.1) is 5.92 Å². The van der Waals surface area contributed by atoms with Gasteiger partial charge in [-0.2, -0.15) is 18.3 Å². The Morgan fingerprint density at radius 2 is 1.92 bits per heavy atom. The molecule has 1 aromatic carbocycles. The van der Waals surface area contributed by atoms with Gasteiger partial charge >= 0.3 is 6.18 Å². The molecule has 1 saturated carbocycles. The molecule has 5 rings (SSSR count). The zero-order valence-corrected chi connectivity index (χ0v) is 21.8. The van der Waals surface area contributed by atoms with E-state index in [2.05, 4.69) is 16.4 Å².